The number of hydrogen-bond donors (Lipinski definition) is 0. The monoisotopic (exact) mass is 1100 g/mol. The SMILES string of the molecule is CC(C[N+](C)(C)C)C[N+](C)(C)C.CN(C)C.C[N+](C)(C)C.Cc1ccccc1N(C)C.Cc1ccccc1N=I(C)(C)C.[I-].[I-].[I-]. The molecule has 0 amide bonds. The van der Waals surface area contributed by atoms with Crippen LogP contribution in [0.3, 0.4) is 0 Å². The third kappa shape index (κ3) is 49.2. The third-order valence-electron chi connectivity index (χ3n) is 4.78. The van der Waals surface area contributed by atoms with Crippen LogP contribution in [-0.2, 0) is 0 Å². The molecule has 0 aliphatic rings. The van der Waals surface area contributed by atoms with Crippen LogP contribution in [0.25, 0.3) is 0 Å². The molecule has 0 unspecified atom stereocenters. The van der Waals surface area contributed by atoms with E-state index >= 15 is 0 Å². The van der Waals surface area contributed by atoms with Gasteiger partial charge in [-0.25, -0.2) is 0 Å². The third-order valence-corrected chi connectivity index (χ3v) is 6.74. The number of para-hydroxylation sites is 1. The number of nitrogens with zero attached hydrogens (tertiary/aromatic N) is 6. The molecule has 2 rings (SSSR count). The number of alkyl halides is 3. The second kappa shape index (κ2) is 28.5. The Hall–Kier alpha value is 0.800. The summed E-state index contributed by atoms with van der Waals surface area (Å²) in [7, 11) is 32.2. The Morgan fingerprint density at radius 1 is 0.609 bits per heavy atom. The molecule has 0 saturated heterocycles. The average molecular weight is 1100 g/mol. The summed E-state index contributed by atoms with van der Waals surface area (Å²) in [5, 5.41) is 0. The Bertz CT molecular complexity index is 1010. The molecule has 0 aliphatic carbocycles. The zero-order valence-corrected chi connectivity index (χ0v) is 42.4. The molecule has 0 fully saturated rings. The molecular weight excluding hydrogens is 1020 g/mol. The maximum absolute atomic E-state index is 4.77. The van der Waals surface area contributed by atoms with Crippen LogP contribution < -0.4 is 76.8 Å². The van der Waals surface area contributed by atoms with Crippen LogP contribution >= 0.6 is 18.3 Å². The van der Waals surface area contributed by atoms with Crippen LogP contribution in [0.15, 0.2) is 51.7 Å². The van der Waals surface area contributed by atoms with Crippen molar-refractivity contribution in [1.29, 1.82) is 0 Å². The maximum Gasteiger partial charge on any atom is -1.00 e. The van der Waals surface area contributed by atoms with Crippen LogP contribution in [0.1, 0.15) is 18.1 Å². The number of aryl methyl sites for hydroxylation is 2. The van der Waals surface area contributed by atoms with Gasteiger partial charge in [-0.15, -0.1) is 0 Å². The van der Waals surface area contributed by atoms with Crippen molar-refractivity contribution >= 4 is 29.6 Å². The molecular formula is C36H76I4N6. The molecule has 0 N–H and O–H groups in total. The Kier molecular flexibility index (Phi) is 36.5. The summed E-state index contributed by atoms with van der Waals surface area (Å²) in [4.78, 5) is 11.0. The van der Waals surface area contributed by atoms with Gasteiger partial charge in [-0.1, -0.05) is 25.1 Å². The fourth-order valence-corrected chi connectivity index (χ4v) is 6.02. The van der Waals surface area contributed by atoms with Crippen LogP contribution in [0, 0.1) is 19.8 Å². The Labute approximate surface area is 344 Å². The first kappa shape index (κ1) is 59.0. The number of rotatable bonds is 6. The van der Waals surface area contributed by atoms with E-state index < -0.39 is 18.3 Å². The minimum Gasteiger partial charge on any atom is -1.00 e. The molecule has 278 valence electrons. The topological polar surface area (TPSA) is 18.8 Å². The van der Waals surface area contributed by atoms with Gasteiger partial charge in [0.05, 0.1) is 89.5 Å². The molecule has 2 aromatic carbocycles. The van der Waals surface area contributed by atoms with Crippen molar-refractivity contribution < 1.29 is 85.4 Å². The molecule has 0 heterocycles. The van der Waals surface area contributed by atoms with Gasteiger partial charge in [-0.3, -0.25) is 0 Å². The standard InChI is InChI=1S/C10H16IN.C10H26N2.C9H13N.C4H12N.C3H9N.3HI/c1-9-7-5-6-8-10(9)12-11(2,3)4;1-10(8-11(2,3)4)9-12(5,6)7;1-8-6-4-5-7-9(8)10(2)3;1-5(2,3)4;1-4(2)3;;;/h5-8H,1-4H3;10H,8-9H2,1-7H3;4-7H,1-3H3;1-4H3;1-3H3;3*1H/q;+2;;+1;;;;/p-3. The average Bonchev–Trinajstić information content (AvgIpc) is 2.71. The largest absolute Gasteiger partial charge is 1.00 e. The van der Waals surface area contributed by atoms with Crippen LogP contribution in [0.4, 0.5) is 11.4 Å². The summed E-state index contributed by atoms with van der Waals surface area (Å²) in [6.45, 7) is 9.10. The van der Waals surface area contributed by atoms with E-state index in [0.29, 0.717) is 0 Å². The van der Waals surface area contributed by atoms with Crippen molar-refractivity contribution in [2.24, 2.45) is 9.06 Å². The van der Waals surface area contributed by atoms with Gasteiger partial charge in [0.25, 0.3) is 0 Å². The van der Waals surface area contributed by atoms with E-state index in [4.69, 9.17) is 3.15 Å². The predicted octanol–water partition coefficient (Wildman–Crippen LogP) is -1.65. The summed E-state index contributed by atoms with van der Waals surface area (Å²) in [6.07, 6.45) is 0. The molecule has 0 bridgehead atoms. The number of halogens is 4. The minimum atomic E-state index is -1.70. The van der Waals surface area contributed by atoms with Crippen molar-refractivity contribution in [2.75, 3.05) is 138 Å². The van der Waals surface area contributed by atoms with Crippen molar-refractivity contribution in [2.45, 2.75) is 20.8 Å². The van der Waals surface area contributed by atoms with E-state index in [9.17, 15) is 0 Å². The Morgan fingerprint density at radius 3 is 1.15 bits per heavy atom. The molecule has 0 aromatic heterocycles. The second-order valence-corrected chi connectivity index (χ2v) is 26.1. The maximum atomic E-state index is 4.77. The number of benzene rings is 2. The second-order valence-electron chi connectivity index (χ2n) is 16.3. The van der Waals surface area contributed by atoms with Gasteiger partial charge >= 0.3 is 78.6 Å². The first-order valence-corrected chi connectivity index (χ1v) is 22.6. The fraction of sp³-hybridized carbons (Fsp3) is 0.667. The predicted molar refractivity (Wildman–Crippen MR) is 209 cm³/mol. The summed E-state index contributed by atoms with van der Waals surface area (Å²) >= 11 is -1.70. The van der Waals surface area contributed by atoms with E-state index in [2.05, 4.69) is 174 Å². The van der Waals surface area contributed by atoms with E-state index in [1.165, 1.54) is 35.6 Å². The first-order valence-electron chi connectivity index (χ1n) is 15.1. The van der Waals surface area contributed by atoms with Crippen LogP contribution in [0.5, 0.6) is 0 Å². The van der Waals surface area contributed by atoms with Crippen molar-refractivity contribution in [3.05, 3.63) is 59.7 Å². The molecule has 0 atom stereocenters. The smallest absolute Gasteiger partial charge is 1.00 e. The zero-order chi connectivity index (χ0) is 34.8. The summed E-state index contributed by atoms with van der Waals surface area (Å²) in [5.41, 5.74) is 5.09. The van der Waals surface area contributed by atoms with Gasteiger partial charge in [0.2, 0.25) is 0 Å². The van der Waals surface area contributed by atoms with E-state index in [0.717, 1.165) is 19.4 Å². The summed E-state index contributed by atoms with van der Waals surface area (Å²) in [5.74, 6) is 0.796. The van der Waals surface area contributed by atoms with Gasteiger partial charge in [0.1, 0.15) is 0 Å². The molecule has 0 radical (unpaired) electrons. The number of anilines is 1. The fourth-order valence-electron chi connectivity index (χ4n) is 3.92. The van der Waals surface area contributed by atoms with Crippen LogP contribution in [0.2, 0.25) is 0 Å². The zero-order valence-electron chi connectivity index (χ0n) is 33.8. The molecule has 2 aromatic rings. The van der Waals surface area contributed by atoms with Crippen LogP contribution in [-0.4, -0.2) is 152 Å². The Morgan fingerprint density at radius 2 is 0.913 bits per heavy atom. The van der Waals surface area contributed by atoms with E-state index in [1.54, 1.807) is 0 Å². The minimum absolute atomic E-state index is 0. The van der Waals surface area contributed by atoms with Crippen molar-refractivity contribution in [3.63, 3.8) is 0 Å². The van der Waals surface area contributed by atoms with Gasteiger partial charge in [-0.2, -0.15) is 0 Å². The van der Waals surface area contributed by atoms with Gasteiger partial charge in [0, 0.05) is 19.8 Å². The van der Waals surface area contributed by atoms with E-state index in [-0.39, 0.29) is 71.9 Å². The van der Waals surface area contributed by atoms with Gasteiger partial charge in [-0.05, 0) is 39.7 Å². The molecule has 10 heteroatoms. The van der Waals surface area contributed by atoms with E-state index in [1.807, 2.05) is 26.0 Å². The molecule has 6 nitrogen and oxygen atoms in total. The molecule has 0 spiro atoms. The van der Waals surface area contributed by atoms with Gasteiger partial charge < -0.3 is 95.2 Å². The van der Waals surface area contributed by atoms with Crippen molar-refractivity contribution in [1.82, 2.24) is 4.90 Å². The normalized spacial score (nSPS) is 11.1. The molecule has 0 aliphatic heterocycles. The molecule has 0 saturated carbocycles. The summed E-state index contributed by atoms with van der Waals surface area (Å²) < 4.78 is 7.91. The Balaban J connectivity index is -0.000000112. The first-order chi connectivity index (χ1) is 19.0. The van der Waals surface area contributed by atoms with Crippen molar-refractivity contribution in [3.8, 4) is 0 Å². The quantitative estimate of drug-likeness (QED) is 0.197. The summed E-state index contributed by atoms with van der Waals surface area (Å²) in [6, 6.07) is 16.7. The number of hydrogen-bond acceptors (Lipinski definition) is 3. The number of quaternary nitrogens is 3. The van der Waals surface area contributed by atoms with Gasteiger partial charge in [0.15, 0.2) is 0 Å². The molecule has 46 heavy (non-hydrogen) atoms.